The number of amides is 1. The van der Waals surface area contributed by atoms with Crippen molar-refractivity contribution >= 4 is 29.2 Å². The normalized spacial score (nSPS) is 12.4. The summed E-state index contributed by atoms with van der Waals surface area (Å²) in [5.41, 5.74) is 16.0. The number of ketones is 3. The number of carboxylic acid groups (broad SMARTS) is 1. The highest BCUT2D eigenvalue weighted by molar-refractivity contribution is 6.11. The number of Topliss-reactive ketones (excluding diaryl/α,β-unsaturated/α-hetero) is 3. The number of carbonyl (C=O) groups is 5. The third-order valence-electron chi connectivity index (χ3n) is 14.5. The monoisotopic (exact) mass is 1440 g/mol. The van der Waals surface area contributed by atoms with E-state index in [1.165, 1.54) is 4.68 Å². The highest BCUT2D eigenvalue weighted by Crippen LogP contribution is 2.39. The number of carbonyl (C=O) groups excluding carboxylic acids is 4. The van der Waals surface area contributed by atoms with Gasteiger partial charge >= 0.3 is 5.97 Å². The van der Waals surface area contributed by atoms with Gasteiger partial charge in [-0.3, -0.25) is 42.9 Å². The number of nitrogens with zero attached hydrogens (tertiary/aromatic N) is 9. The zero-order valence-corrected chi connectivity index (χ0v) is 65.1. The SMILES string of the molecule is C/C=C1\COc2ccccc2C1=O.CC.CC.CC.CC.CC.CC(=O)Cn1ncc2c1-c1ccccc1OC2.CN(C)CCN.CN(C)CCNC(=O)Cn1ncc2c1-c1ccccc1OC2.COC(OC)N(C)C.O=C(O)Cn1ncc2c1-c1ccccc1OC2.O=C1CCOc2ccccc21. The van der Waals surface area contributed by atoms with Gasteiger partial charge in [0.1, 0.15) is 68.3 Å². The molecule has 5 aromatic carbocycles. The number of aromatic nitrogens is 6. The summed E-state index contributed by atoms with van der Waals surface area (Å²) in [6.07, 6.45) is 7.31. The molecule has 1 amide bonds. The number of likely N-dealkylation sites (N-methyl/N-ethyl adjacent to an activating group) is 2. The Kier molecular flexibility index (Phi) is 43.9. The van der Waals surface area contributed by atoms with E-state index in [1.54, 1.807) is 67.3 Å². The van der Waals surface area contributed by atoms with Gasteiger partial charge in [-0.25, -0.2) is 0 Å². The van der Waals surface area contributed by atoms with Crippen molar-refractivity contribution in [2.75, 3.05) is 95.9 Å². The number of rotatable bonds is 14. The molecule has 0 spiro atoms. The van der Waals surface area contributed by atoms with Crippen LogP contribution in [0.5, 0.6) is 28.7 Å². The molecule has 104 heavy (non-hydrogen) atoms. The Bertz CT molecular complexity index is 3750. The lowest BCUT2D eigenvalue weighted by molar-refractivity contribution is -0.179. The van der Waals surface area contributed by atoms with Crippen molar-refractivity contribution in [3.63, 3.8) is 0 Å². The third kappa shape index (κ3) is 28.1. The fourth-order valence-electron chi connectivity index (χ4n) is 10.0. The maximum atomic E-state index is 12.1. The number of benzene rings is 5. The second-order valence-corrected chi connectivity index (χ2v) is 22.4. The summed E-state index contributed by atoms with van der Waals surface area (Å²) in [5, 5.41) is 24.4. The lowest BCUT2D eigenvalue weighted by Crippen LogP contribution is -2.34. The number of fused-ring (bicyclic) bond motifs is 11. The van der Waals surface area contributed by atoms with Gasteiger partial charge in [0.2, 0.25) is 12.3 Å². The molecule has 0 unspecified atom stereocenters. The second-order valence-electron chi connectivity index (χ2n) is 22.4. The minimum atomic E-state index is -0.903. The van der Waals surface area contributed by atoms with Crippen LogP contribution in [0, 0.1) is 0 Å². The zero-order chi connectivity index (χ0) is 77.7. The van der Waals surface area contributed by atoms with Crippen molar-refractivity contribution < 1.29 is 62.2 Å². The number of nitrogens with two attached hydrogens (primary N) is 1. The lowest BCUT2D eigenvalue weighted by Gasteiger charge is -2.19. The van der Waals surface area contributed by atoms with E-state index in [-0.39, 0.29) is 42.8 Å². The first-order valence-electron chi connectivity index (χ1n) is 35.5. The molecule has 13 rings (SSSR count). The molecule has 0 atom stereocenters. The van der Waals surface area contributed by atoms with E-state index in [9.17, 15) is 24.0 Å². The van der Waals surface area contributed by atoms with Gasteiger partial charge in [-0.05, 0) is 117 Å². The minimum absolute atomic E-state index is 0.0308. The topological polar surface area (TPSA) is 271 Å². The summed E-state index contributed by atoms with van der Waals surface area (Å²) in [5.74, 6) is 3.32. The summed E-state index contributed by atoms with van der Waals surface area (Å²) < 4.78 is 42.3. The van der Waals surface area contributed by atoms with E-state index in [1.807, 2.05) is 237 Å². The number of ether oxygens (including phenoxy) is 7. The number of nitrogens with one attached hydrogen (secondary N) is 1. The Hall–Kier alpha value is -9.82. The molecule has 3 aromatic heterocycles. The molecule has 5 aliphatic rings. The van der Waals surface area contributed by atoms with Crippen LogP contribution in [-0.4, -0.2) is 181 Å². The number of aliphatic carboxylic acids is 1. The molecule has 8 heterocycles. The second kappa shape index (κ2) is 50.5. The molecule has 568 valence electrons. The zero-order valence-electron chi connectivity index (χ0n) is 65.1. The van der Waals surface area contributed by atoms with E-state index in [4.69, 9.17) is 44.0 Å². The summed E-state index contributed by atoms with van der Waals surface area (Å²) in [6, 6.07) is 37.9. The molecule has 24 heteroatoms. The van der Waals surface area contributed by atoms with Gasteiger partial charge in [0.25, 0.3) is 0 Å². The number of hydrogen-bond acceptors (Lipinski definition) is 19. The lowest BCUT2D eigenvalue weighted by atomic mass is 10.0. The number of allylic oxidation sites excluding steroid dienone is 1. The van der Waals surface area contributed by atoms with Gasteiger partial charge in [-0.2, -0.15) is 15.3 Å². The van der Waals surface area contributed by atoms with Gasteiger partial charge in [-0.1, -0.05) is 136 Å². The molecule has 0 saturated heterocycles. The number of para-hydroxylation sites is 5. The molecule has 5 aliphatic heterocycles. The van der Waals surface area contributed by atoms with Crippen molar-refractivity contribution in [3.8, 4) is 62.5 Å². The number of carboxylic acids is 1. The molecular formula is C80H115N11O13. The van der Waals surface area contributed by atoms with E-state index >= 15 is 0 Å². The molecule has 0 fully saturated rings. The Morgan fingerprint density at radius 1 is 0.529 bits per heavy atom. The van der Waals surface area contributed by atoms with Gasteiger partial charge < -0.3 is 59.1 Å². The number of hydrogen-bond donors (Lipinski definition) is 3. The molecule has 4 N–H and O–H groups in total. The van der Waals surface area contributed by atoms with E-state index < -0.39 is 5.97 Å². The molecule has 24 nitrogen and oxygen atoms in total. The van der Waals surface area contributed by atoms with Crippen LogP contribution < -0.4 is 34.7 Å². The van der Waals surface area contributed by atoms with E-state index in [0.717, 1.165) is 104 Å². The smallest absolute Gasteiger partial charge is 0.325 e. The molecule has 0 aliphatic carbocycles. The van der Waals surface area contributed by atoms with Crippen LogP contribution in [0.4, 0.5) is 0 Å². The van der Waals surface area contributed by atoms with Crippen molar-refractivity contribution in [1.29, 1.82) is 0 Å². The molecular weight excluding hydrogens is 1320 g/mol. The van der Waals surface area contributed by atoms with Crippen LogP contribution in [0.25, 0.3) is 33.8 Å². The minimum Gasteiger partial charge on any atom is -0.492 e. The fourth-order valence-corrected chi connectivity index (χ4v) is 10.0. The van der Waals surface area contributed by atoms with E-state index in [0.29, 0.717) is 63.9 Å². The van der Waals surface area contributed by atoms with Crippen LogP contribution in [0.15, 0.2) is 152 Å². The first-order chi connectivity index (χ1) is 50.3. The quantitative estimate of drug-likeness (QED) is 0.0674. The highest BCUT2D eigenvalue weighted by Gasteiger charge is 2.26. The Morgan fingerprint density at radius 3 is 1.22 bits per heavy atom. The van der Waals surface area contributed by atoms with Gasteiger partial charge in [0.05, 0.1) is 60.0 Å². The molecule has 8 aromatic rings. The van der Waals surface area contributed by atoms with Gasteiger partial charge in [-0.15, -0.1) is 0 Å². The number of methoxy groups -OCH3 is 2. The summed E-state index contributed by atoms with van der Waals surface area (Å²) in [7, 11) is 15.0. The van der Waals surface area contributed by atoms with Gasteiger partial charge in [0, 0.05) is 85.8 Å². The predicted molar refractivity (Wildman–Crippen MR) is 413 cm³/mol. The third-order valence-corrected chi connectivity index (χ3v) is 14.5. The Balaban J connectivity index is 0.000000415. The maximum Gasteiger partial charge on any atom is 0.325 e. The maximum absolute atomic E-state index is 12.1. The van der Waals surface area contributed by atoms with Crippen molar-refractivity contribution in [1.82, 2.24) is 49.4 Å². The standard InChI is InChI=1S/C16H20N4O2.C13H12N2O2.C12H10N2O3.C11H10O2.C9H8O2.C5H13NO2.C4H12N2.5C2H6/c1-19(2)8-7-17-15(21)10-20-16-12(9-18-20)11-22-14-6-4-3-5-13(14)16;1-9(16)7-15-13-10(6-14-15)8-17-12-5-3-2-4-11(12)13;15-11(16)6-14-12-8(5-13-14)7-17-10-4-2-1-3-9(10)12;1-2-8-7-13-10-6-4-3-5-9(10)11(8)12;10-8-5-6-11-9-4-2-1-3-7(8)9;1-6(2)5(7-3)8-4;1-6(2)4-3-5;5*1-2/h3-6,9H,7-8,10-11H2,1-2H3,(H,17,21);2-6H,7-8H2,1H3;1-5H,6-7H2,(H,15,16);2-6H,7H2,1H3;1-4H,5-6H2;5H,1-4H3;3-5H2,1-2H3;5*1-2H3/b;;;8-2+;;;;;;;;. The molecule has 0 saturated carbocycles. The van der Waals surface area contributed by atoms with Crippen molar-refractivity contribution in [2.24, 2.45) is 5.73 Å². The van der Waals surface area contributed by atoms with Crippen LogP contribution in [0.1, 0.15) is 127 Å². The van der Waals surface area contributed by atoms with Crippen molar-refractivity contribution in [2.45, 2.75) is 135 Å². The Labute approximate surface area is 617 Å². The van der Waals surface area contributed by atoms with Gasteiger partial charge in [0.15, 0.2) is 17.3 Å². The van der Waals surface area contributed by atoms with E-state index in [2.05, 4.69) is 25.5 Å². The largest absolute Gasteiger partial charge is 0.492 e. The van der Waals surface area contributed by atoms with Crippen LogP contribution >= 0.6 is 0 Å². The first kappa shape index (κ1) is 90.3. The summed E-state index contributed by atoms with van der Waals surface area (Å²) in [6.45, 7) is 29.4. The molecule has 0 bridgehead atoms. The first-order valence-corrected chi connectivity index (χ1v) is 35.5. The van der Waals surface area contributed by atoms with Crippen molar-refractivity contribution in [3.05, 3.63) is 179 Å². The average molecular weight is 1440 g/mol. The fraction of sp³-hybridized carbons (Fsp3) is 0.425. The average Bonchev–Trinajstić information content (AvgIpc) is 1.61. The predicted octanol–water partition coefficient (Wildman–Crippen LogP) is 13.3. The van der Waals surface area contributed by atoms with Crippen LogP contribution in [-0.2, 0) is 63.3 Å². The van der Waals surface area contributed by atoms with Crippen LogP contribution in [0.3, 0.4) is 0 Å². The summed E-state index contributed by atoms with van der Waals surface area (Å²) in [4.78, 5) is 62.9. The molecule has 0 radical (unpaired) electrons. The Morgan fingerprint density at radius 2 is 0.885 bits per heavy atom. The van der Waals surface area contributed by atoms with Crippen LogP contribution in [0.2, 0.25) is 0 Å². The summed E-state index contributed by atoms with van der Waals surface area (Å²) >= 11 is 0. The highest BCUT2D eigenvalue weighted by atomic mass is 16.7.